The van der Waals surface area contributed by atoms with Gasteiger partial charge in [-0.15, -0.1) is 0 Å². The third-order valence-electron chi connectivity index (χ3n) is 5.12. The fourth-order valence-corrected chi connectivity index (χ4v) is 5.11. The number of hydrogen-bond donors (Lipinski definition) is 0. The average molecular weight is 537 g/mol. The largest absolute Gasteiger partial charge is 0.497 e. The van der Waals surface area contributed by atoms with Crippen LogP contribution in [0.1, 0.15) is 16.8 Å². The highest BCUT2D eigenvalue weighted by Crippen LogP contribution is 2.32. The quantitative estimate of drug-likeness (QED) is 0.422. The Bertz CT molecular complexity index is 1020. The molecule has 158 valence electrons. The minimum absolute atomic E-state index is 0.00648. The summed E-state index contributed by atoms with van der Waals surface area (Å²) in [5, 5.41) is 0.727. The molecule has 0 saturated carbocycles. The van der Waals surface area contributed by atoms with E-state index in [2.05, 4.69) is 27.5 Å². The number of fused-ring (bicyclic) bond motifs is 1. The Morgan fingerprint density at radius 2 is 2.07 bits per heavy atom. The summed E-state index contributed by atoms with van der Waals surface area (Å²) in [7, 11) is 1.65. The van der Waals surface area contributed by atoms with Gasteiger partial charge in [0.1, 0.15) is 5.75 Å². The van der Waals surface area contributed by atoms with Crippen LogP contribution in [0.15, 0.2) is 42.5 Å². The number of nitrogens with zero attached hydrogens (tertiary/aromatic N) is 3. The molecule has 0 unspecified atom stereocenters. The van der Waals surface area contributed by atoms with Crippen molar-refractivity contribution in [3.63, 3.8) is 0 Å². The van der Waals surface area contributed by atoms with Gasteiger partial charge < -0.3 is 9.47 Å². The summed E-state index contributed by atoms with van der Waals surface area (Å²) < 4.78 is 12.7. The van der Waals surface area contributed by atoms with E-state index in [1.54, 1.807) is 7.11 Å². The molecule has 2 heterocycles. The van der Waals surface area contributed by atoms with E-state index in [-0.39, 0.29) is 5.91 Å². The first kappa shape index (κ1) is 21.5. The highest BCUT2D eigenvalue weighted by atomic mass is 127. The first-order valence-electron chi connectivity index (χ1n) is 9.97. The van der Waals surface area contributed by atoms with Crippen LogP contribution in [0, 0.1) is 3.57 Å². The van der Waals surface area contributed by atoms with Crippen LogP contribution < -0.4 is 9.64 Å². The van der Waals surface area contributed by atoms with Gasteiger partial charge in [0.2, 0.25) is 0 Å². The highest BCUT2D eigenvalue weighted by molar-refractivity contribution is 14.1. The van der Waals surface area contributed by atoms with Crippen molar-refractivity contribution >= 4 is 55.2 Å². The molecule has 1 aliphatic rings. The van der Waals surface area contributed by atoms with Crippen LogP contribution in [0.25, 0.3) is 10.2 Å². The van der Waals surface area contributed by atoms with Crippen molar-refractivity contribution in [3.05, 3.63) is 51.6 Å². The molecule has 0 aliphatic carbocycles. The van der Waals surface area contributed by atoms with E-state index in [0.29, 0.717) is 12.1 Å². The highest BCUT2D eigenvalue weighted by Gasteiger charge is 2.23. The van der Waals surface area contributed by atoms with Crippen molar-refractivity contribution in [2.75, 3.05) is 51.4 Å². The Labute approximate surface area is 193 Å². The van der Waals surface area contributed by atoms with Gasteiger partial charge in [-0.25, -0.2) is 4.98 Å². The summed E-state index contributed by atoms with van der Waals surface area (Å²) in [6, 6.07) is 13.5. The van der Waals surface area contributed by atoms with E-state index >= 15 is 0 Å². The smallest absolute Gasteiger partial charge is 0.261 e. The standard InChI is InChI=1S/C22H24IN3O3S/c1-28-16-7-8-19-20(15-16)30-22(24-19)26(10-4-9-25-11-13-29-14-12-25)21(27)17-5-2-3-6-18(17)23/h2-3,5-8,15H,4,9-14H2,1H3. The molecule has 0 N–H and O–H groups in total. The lowest BCUT2D eigenvalue weighted by Crippen LogP contribution is -2.39. The molecule has 2 aromatic carbocycles. The van der Waals surface area contributed by atoms with Crippen molar-refractivity contribution in [1.29, 1.82) is 0 Å². The predicted molar refractivity (Wildman–Crippen MR) is 129 cm³/mol. The van der Waals surface area contributed by atoms with Crippen molar-refractivity contribution in [3.8, 4) is 5.75 Å². The maximum absolute atomic E-state index is 13.5. The van der Waals surface area contributed by atoms with E-state index in [4.69, 9.17) is 14.5 Å². The van der Waals surface area contributed by atoms with E-state index in [0.717, 1.165) is 63.9 Å². The summed E-state index contributed by atoms with van der Waals surface area (Å²) in [5.74, 6) is 0.786. The molecule has 3 aromatic rings. The molecule has 1 saturated heterocycles. The molecular weight excluding hydrogens is 513 g/mol. The molecule has 4 rings (SSSR count). The number of methoxy groups -OCH3 is 1. The number of ether oxygens (including phenoxy) is 2. The van der Waals surface area contributed by atoms with E-state index in [1.165, 1.54) is 11.3 Å². The van der Waals surface area contributed by atoms with Gasteiger partial charge in [-0.3, -0.25) is 14.6 Å². The Morgan fingerprint density at radius 1 is 1.27 bits per heavy atom. The van der Waals surface area contributed by atoms with Crippen molar-refractivity contribution in [2.45, 2.75) is 6.42 Å². The topological polar surface area (TPSA) is 54.9 Å². The van der Waals surface area contributed by atoms with Gasteiger partial charge in [0, 0.05) is 29.7 Å². The van der Waals surface area contributed by atoms with Crippen molar-refractivity contribution < 1.29 is 14.3 Å². The van der Waals surface area contributed by atoms with Crippen LogP contribution in [0.2, 0.25) is 0 Å². The number of carbonyl (C=O) groups is 1. The summed E-state index contributed by atoms with van der Waals surface area (Å²) in [5.41, 5.74) is 1.59. The van der Waals surface area contributed by atoms with Crippen LogP contribution in [-0.4, -0.2) is 62.3 Å². The van der Waals surface area contributed by atoms with Gasteiger partial charge in [-0.05, 0) is 59.3 Å². The second-order valence-electron chi connectivity index (χ2n) is 7.07. The fraction of sp³-hybridized carbons (Fsp3) is 0.364. The molecule has 0 radical (unpaired) electrons. The number of aromatic nitrogens is 1. The van der Waals surface area contributed by atoms with Gasteiger partial charge in [0.25, 0.3) is 5.91 Å². The van der Waals surface area contributed by atoms with Crippen LogP contribution >= 0.6 is 33.9 Å². The van der Waals surface area contributed by atoms with Crippen LogP contribution in [-0.2, 0) is 4.74 Å². The van der Waals surface area contributed by atoms with Gasteiger partial charge in [-0.2, -0.15) is 0 Å². The molecular formula is C22H24IN3O3S. The lowest BCUT2D eigenvalue weighted by molar-refractivity contribution is 0.0376. The zero-order valence-electron chi connectivity index (χ0n) is 16.8. The number of carbonyl (C=O) groups excluding carboxylic acids is 1. The molecule has 0 spiro atoms. The third kappa shape index (κ3) is 4.93. The lowest BCUT2D eigenvalue weighted by Gasteiger charge is -2.27. The van der Waals surface area contributed by atoms with Gasteiger partial charge in [0.05, 0.1) is 36.1 Å². The summed E-state index contributed by atoms with van der Waals surface area (Å²) in [6.45, 7) is 5.03. The molecule has 6 nitrogen and oxygen atoms in total. The number of rotatable bonds is 7. The van der Waals surface area contributed by atoms with E-state index < -0.39 is 0 Å². The lowest BCUT2D eigenvalue weighted by atomic mass is 10.2. The zero-order valence-corrected chi connectivity index (χ0v) is 19.8. The Balaban J connectivity index is 1.59. The average Bonchev–Trinajstić information content (AvgIpc) is 3.20. The van der Waals surface area contributed by atoms with E-state index in [9.17, 15) is 4.79 Å². The van der Waals surface area contributed by atoms with Crippen LogP contribution in [0.5, 0.6) is 5.75 Å². The Kier molecular flexibility index (Phi) is 7.19. The molecule has 1 aromatic heterocycles. The molecule has 1 amide bonds. The Hall–Kier alpha value is -1.75. The predicted octanol–water partition coefficient (Wildman–Crippen LogP) is 4.28. The number of benzene rings is 2. The molecule has 30 heavy (non-hydrogen) atoms. The maximum atomic E-state index is 13.5. The van der Waals surface area contributed by atoms with Gasteiger partial charge in [-0.1, -0.05) is 23.5 Å². The normalized spacial score (nSPS) is 14.7. The van der Waals surface area contributed by atoms with Crippen LogP contribution in [0.4, 0.5) is 5.13 Å². The van der Waals surface area contributed by atoms with Crippen molar-refractivity contribution in [2.24, 2.45) is 0 Å². The third-order valence-corrected chi connectivity index (χ3v) is 7.11. The number of hydrogen-bond acceptors (Lipinski definition) is 6. The minimum Gasteiger partial charge on any atom is -0.497 e. The zero-order chi connectivity index (χ0) is 20.9. The molecule has 1 fully saturated rings. The maximum Gasteiger partial charge on any atom is 0.261 e. The van der Waals surface area contributed by atoms with Crippen molar-refractivity contribution in [1.82, 2.24) is 9.88 Å². The first-order chi connectivity index (χ1) is 14.7. The first-order valence-corrected chi connectivity index (χ1v) is 11.9. The second kappa shape index (κ2) is 10.0. The molecule has 0 bridgehead atoms. The summed E-state index contributed by atoms with van der Waals surface area (Å²) in [4.78, 5) is 22.5. The number of amides is 1. The molecule has 8 heteroatoms. The molecule has 1 aliphatic heterocycles. The van der Waals surface area contributed by atoms with Crippen LogP contribution in [0.3, 0.4) is 0 Å². The fourth-order valence-electron chi connectivity index (χ4n) is 3.48. The number of thiazole rings is 1. The van der Waals surface area contributed by atoms with E-state index in [1.807, 2.05) is 47.4 Å². The molecule has 0 atom stereocenters. The van der Waals surface area contributed by atoms with Gasteiger partial charge in [0.15, 0.2) is 5.13 Å². The second-order valence-corrected chi connectivity index (χ2v) is 9.25. The number of morpholine rings is 1. The minimum atomic E-state index is -0.00648. The summed E-state index contributed by atoms with van der Waals surface area (Å²) in [6.07, 6.45) is 0.883. The monoisotopic (exact) mass is 537 g/mol. The number of anilines is 1. The van der Waals surface area contributed by atoms with Gasteiger partial charge >= 0.3 is 0 Å². The number of halogens is 1. The Morgan fingerprint density at radius 3 is 2.83 bits per heavy atom. The summed E-state index contributed by atoms with van der Waals surface area (Å²) >= 11 is 3.75. The SMILES string of the molecule is COc1ccc2nc(N(CCCN3CCOCC3)C(=O)c3ccccc3I)sc2c1.